The van der Waals surface area contributed by atoms with Gasteiger partial charge < -0.3 is 15.2 Å². The number of carbonyl (C=O) groups excluding carboxylic acids is 1. The van der Waals surface area contributed by atoms with Gasteiger partial charge in [-0.2, -0.15) is 0 Å². The van der Waals surface area contributed by atoms with Crippen LogP contribution in [0.3, 0.4) is 0 Å². The van der Waals surface area contributed by atoms with Gasteiger partial charge in [0.1, 0.15) is 0 Å². The second kappa shape index (κ2) is 8.11. The van der Waals surface area contributed by atoms with E-state index in [1.807, 2.05) is 24.3 Å². The first-order valence-electron chi connectivity index (χ1n) is 5.34. The fourth-order valence-corrected chi connectivity index (χ4v) is 1.91. The zero-order valence-corrected chi connectivity index (χ0v) is 10.6. The van der Waals surface area contributed by atoms with E-state index in [0.717, 1.165) is 10.5 Å². The Kier molecular flexibility index (Phi) is 6.69. The molecule has 0 fully saturated rings. The number of benzene rings is 1. The highest BCUT2D eigenvalue weighted by atomic mass is 32.2. The van der Waals surface area contributed by atoms with Crippen LogP contribution in [0.15, 0.2) is 29.2 Å². The summed E-state index contributed by atoms with van der Waals surface area (Å²) in [4.78, 5) is 12.4. The lowest BCUT2D eigenvalue weighted by Crippen LogP contribution is -2.28. The molecule has 4 nitrogen and oxygen atoms in total. The summed E-state index contributed by atoms with van der Waals surface area (Å²) in [5.74, 6) is 0.389. The number of rotatable bonds is 7. The van der Waals surface area contributed by atoms with Gasteiger partial charge >= 0.3 is 0 Å². The smallest absolute Gasteiger partial charge is 0.230 e. The number of hydrogen-bond donors (Lipinski definition) is 2. The topological polar surface area (TPSA) is 58.6 Å². The van der Waals surface area contributed by atoms with Crippen LogP contribution in [0.5, 0.6) is 0 Å². The second-order valence-corrected chi connectivity index (χ2v) is 4.48. The number of ether oxygens (including phenoxy) is 1. The van der Waals surface area contributed by atoms with Crippen LogP contribution < -0.4 is 5.32 Å². The van der Waals surface area contributed by atoms with Crippen molar-refractivity contribution in [3.8, 4) is 0 Å². The maximum atomic E-state index is 11.4. The van der Waals surface area contributed by atoms with Crippen molar-refractivity contribution in [2.75, 3.05) is 26.0 Å². The molecular formula is C12H17NO3S. The fourth-order valence-electron chi connectivity index (χ4n) is 1.18. The summed E-state index contributed by atoms with van der Waals surface area (Å²) in [5, 5.41) is 11.6. The van der Waals surface area contributed by atoms with Crippen LogP contribution in [-0.4, -0.2) is 37.0 Å². The molecule has 17 heavy (non-hydrogen) atoms. The van der Waals surface area contributed by atoms with Gasteiger partial charge in [-0.3, -0.25) is 4.79 Å². The first-order valence-corrected chi connectivity index (χ1v) is 6.33. The number of thioether (sulfide) groups is 1. The monoisotopic (exact) mass is 255 g/mol. The third-order valence-corrected chi connectivity index (χ3v) is 3.12. The molecule has 1 aromatic rings. The lowest BCUT2D eigenvalue weighted by molar-refractivity contribution is -0.118. The van der Waals surface area contributed by atoms with E-state index in [-0.39, 0.29) is 12.5 Å². The lowest BCUT2D eigenvalue weighted by atomic mass is 10.2. The maximum absolute atomic E-state index is 11.4. The number of methoxy groups -OCH3 is 1. The average molecular weight is 255 g/mol. The van der Waals surface area contributed by atoms with Gasteiger partial charge in [-0.1, -0.05) is 12.1 Å². The standard InChI is InChI=1S/C12H17NO3S/c1-16-7-6-13-12(15)9-17-11-4-2-10(8-14)3-5-11/h2-5,14H,6-9H2,1H3,(H,13,15). The van der Waals surface area contributed by atoms with Crippen molar-refractivity contribution in [3.05, 3.63) is 29.8 Å². The highest BCUT2D eigenvalue weighted by molar-refractivity contribution is 8.00. The average Bonchev–Trinajstić information content (AvgIpc) is 2.37. The Bertz CT molecular complexity index is 340. The van der Waals surface area contributed by atoms with E-state index in [1.165, 1.54) is 11.8 Å². The molecule has 2 N–H and O–H groups in total. The van der Waals surface area contributed by atoms with Crippen LogP contribution in [0.2, 0.25) is 0 Å². The molecule has 5 heteroatoms. The number of aliphatic hydroxyl groups excluding tert-OH is 1. The Balaban J connectivity index is 2.27. The molecular weight excluding hydrogens is 238 g/mol. The lowest BCUT2D eigenvalue weighted by Gasteiger charge is -2.04. The van der Waals surface area contributed by atoms with E-state index >= 15 is 0 Å². The molecule has 0 heterocycles. The van der Waals surface area contributed by atoms with Gasteiger partial charge in [0.2, 0.25) is 5.91 Å². The second-order valence-electron chi connectivity index (χ2n) is 3.43. The summed E-state index contributed by atoms with van der Waals surface area (Å²) in [6, 6.07) is 7.51. The number of nitrogens with one attached hydrogen (secondary N) is 1. The van der Waals surface area contributed by atoms with E-state index in [0.29, 0.717) is 18.9 Å². The van der Waals surface area contributed by atoms with Crippen LogP contribution in [0.4, 0.5) is 0 Å². The van der Waals surface area contributed by atoms with E-state index in [4.69, 9.17) is 9.84 Å². The van der Waals surface area contributed by atoms with Gasteiger partial charge in [0.15, 0.2) is 0 Å². The molecule has 0 unspecified atom stereocenters. The largest absolute Gasteiger partial charge is 0.392 e. The minimum absolute atomic E-state index is 0.00159. The summed E-state index contributed by atoms with van der Waals surface area (Å²) in [6.07, 6.45) is 0. The molecule has 1 aromatic carbocycles. The first kappa shape index (κ1) is 14.0. The molecule has 0 radical (unpaired) electrons. The van der Waals surface area contributed by atoms with Crippen molar-refractivity contribution < 1.29 is 14.6 Å². The third kappa shape index (κ3) is 5.72. The van der Waals surface area contributed by atoms with E-state index in [2.05, 4.69) is 5.32 Å². The van der Waals surface area contributed by atoms with Gasteiger partial charge in [-0.15, -0.1) is 11.8 Å². The molecule has 1 amide bonds. The number of hydrogen-bond acceptors (Lipinski definition) is 4. The summed E-state index contributed by atoms with van der Waals surface area (Å²) >= 11 is 1.47. The molecule has 94 valence electrons. The van der Waals surface area contributed by atoms with Gasteiger partial charge in [-0.05, 0) is 17.7 Å². The highest BCUT2D eigenvalue weighted by Crippen LogP contribution is 2.17. The Morgan fingerprint density at radius 1 is 1.41 bits per heavy atom. The van der Waals surface area contributed by atoms with E-state index < -0.39 is 0 Å². The molecule has 1 rings (SSSR count). The molecule has 0 spiro atoms. The van der Waals surface area contributed by atoms with Crippen molar-refractivity contribution in [2.45, 2.75) is 11.5 Å². The summed E-state index contributed by atoms with van der Waals surface area (Å²) < 4.78 is 4.84. The predicted octanol–water partition coefficient (Wildman–Crippen LogP) is 1.03. The summed E-state index contributed by atoms with van der Waals surface area (Å²) in [7, 11) is 1.60. The van der Waals surface area contributed by atoms with Gasteiger partial charge in [0.05, 0.1) is 19.0 Å². The van der Waals surface area contributed by atoms with Gasteiger partial charge in [0.25, 0.3) is 0 Å². The Morgan fingerprint density at radius 3 is 2.71 bits per heavy atom. The zero-order chi connectivity index (χ0) is 12.5. The summed E-state index contributed by atoms with van der Waals surface area (Å²) in [6.45, 7) is 1.11. The zero-order valence-electron chi connectivity index (χ0n) is 9.81. The number of carbonyl (C=O) groups is 1. The minimum atomic E-state index is -0.00159. The van der Waals surface area contributed by atoms with Crippen LogP contribution in [-0.2, 0) is 16.1 Å². The molecule has 0 aromatic heterocycles. The van der Waals surface area contributed by atoms with Crippen LogP contribution >= 0.6 is 11.8 Å². The highest BCUT2D eigenvalue weighted by Gasteiger charge is 2.02. The van der Waals surface area contributed by atoms with Crippen LogP contribution in [0.1, 0.15) is 5.56 Å². The Hall–Kier alpha value is -1.04. The fraction of sp³-hybridized carbons (Fsp3) is 0.417. The van der Waals surface area contributed by atoms with Crippen LogP contribution in [0.25, 0.3) is 0 Å². The predicted molar refractivity (Wildman–Crippen MR) is 68.0 cm³/mol. The quantitative estimate of drug-likeness (QED) is 0.564. The SMILES string of the molecule is COCCNC(=O)CSc1ccc(CO)cc1. The van der Waals surface area contributed by atoms with E-state index in [9.17, 15) is 4.79 Å². The van der Waals surface area contributed by atoms with E-state index in [1.54, 1.807) is 7.11 Å². The van der Waals surface area contributed by atoms with Crippen molar-refractivity contribution in [1.82, 2.24) is 5.32 Å². The van der Waals surface area contributed by atoms with Crippen molar-refractivity contribution in [2.24, 2.45) is 0 Å². The molecule has 0 aliphatic rings. The normalized spacial score (nSPS) is 10.2. The Labute approximate surface area is 105 Å². The summed E-state index contributed by atoms with van der Waals surface area (Å²) in [5.41, 5.74) is 0.874. The number of aliphatic hydroxyl groups is 1. The third-order valence-electron chi connectivity index (χ3n) is 2.10. The maximum Gasteiger partial charge on any atom is 0.230 e. The Morgan fingerprint density at radius 2 is 2.12 bits per heavy atom. The molecule has 0 aliphatic heterocycles. The first-order chi connectivity index (χ1) is 8.26. The molecule has 0 atom stereocenters. The minimum Gasteiger partial charge on any atom is -0.392 e. The molecule has 0 aliphatic carbocycles. The molecule has 0 saturated carbocycles. The van der Waals surface area contributed by atoms with Crippen molar-refractivity contribution >= 4 is 17.7 Å². The van der Waals surface area contributed by atoms with Crippen molar-refractivity contribution in [3.63, 3.8) is 0 Å². The van der Waals surface area contributed by atoms with Crippen LogP contribution in [0, 0.1) is 0 Å². The van der Waals surface area contributed by atoms with Crippen molar-refractivity contribution in [1.29, 1.82) is 0 Å². The van der Waals surface area contributed by atoms with Gasteiger partial charge in [0, 0.05) is 18.6 Å². The molecule has 0 saturated heterocycles. The number of amides is 1. The van der Waals surface area contributed by atoms with Gasteiger partial charge in [-0.25, -0.2) is 0 Å². The molecule has 0 bridgehead atoms.